The molecule has 0 amide bonds. The maximum absolute atomic E-state index is 3.94. The predicted octanol–water partition coefficient (Wildman–Crippen LogP) is 7.89. The Hall–Kier alpha value is -2.54. The van der Waals surface area contributed by atoms with Gasteiger partial charge in [0.25, 0.3) is 0 Å². The molecule has 0 aromatic heterocycles. The summed E-state index contributed by atoms with van der Waals surface area (Å²) in [5, 5.41) is 3.94. The average molecular weight is 422 g/mol. The lowest BCUT2D eigenvalue weighted by molar-refractivity contribution is 0.363. The molecule has 0 radical (unpaired) electrons. The Morgan fingerprint density at radius 2 is 1.72 bits per heavy atom. The second-order valence-corrected chi connectivity index (χ2v) is 11.5. The standard InChI is InChI=1S/C31H35N/c1-19-9-8-11-25-24-16-14-21(18-28(24)31(4,5)29(19)25)32-20-13-15-23-22-10-6-7-12-26(22)30(2,3)27(23)17-20/h6-8,10-12,14-16,18-20,27,32H,9,13,17H2,1-5H3. The van der Waals surface area contributed by atoms with Gasteiger partial charge in [0.15, 0.2) is 0 Å². The van der Waals surface area contributed by atoms with Gasteiger partial charge >= 0.3 is 0 Å². The van der Waals surface area contributed by atoms with Crippen molar-refractivity contribution < 1.29 is 0 Å². The van der Waals surface area contributed by atoms with Gasteiger partial charge in [-0.2, -0.15) is 0 Å². The minimum absolute atomic E-state index is 0.112. The summed E-state index contributed by atoms with van der Waals surface area (Å²) in [7, 11) is 0. The van der Waals surface area contributed by atoms with Crippen molar-refractivity contribution in [3.63, 3.8) is 0 Å². The first-order valence-corrected chi connectivity index (χ1v) is 12.4. The molecule has 3 atom stereocenters. The van der Waals surface area contributed by atoms with Crippen LogP contribution in [0.3, 0.4) is 0 Å². The van der Waals surface area contributed by atoms with Crippen molar-refractivity contribution in [2.75, 3.05) is 5.32 Å². The monoisotopic (exact) mass is 421 g/mol. The zero-order valence-electron chi connectivity index (χ0n) is 20.1. The molecule has 0 saturated carbocycles. The van der Waals surface area contributed by atoms with Gasteiger partial charge in [-0.25, -0.2) is 0 Å². The molecule has 1 nitrogen and oxygen atoms in total. The summed E-state index contributed by atoms with van der Waals surface area (Å²) in [6, 6.07) is 16.7. The summed E-state index contributed by atoms with van der Waals surface area (Å²) in [6.07, 6.45) is 10.7. The Morgan fingerprint density at radius 1 is 0.906 bits per heavy atom. The van der Waals surface area contributed by atoms with E-state index in [1.54, 1.807) is 11.1 Å². The molecule has 0 saturated heterocycles. The van der Waals surface area contributed by atoms with Crippen molar-refractivity contribution in [3.05, 3.63) is 88.5 Å². The molecule has 164 valence electrons. The molecular formula is C31H35N. The second-order valence-electron chi connectivity index (χ2n) is 11.5. The first-order valence-electron chi connectivity index (χ1n) is 12.4. The van der Waals surface area contributed by atoms with Crippen molar-refractivity contribution in [1.82, 2.24) is 0 Å². The van der Waals surface area contributed by atoms with E-state index in [0.717, 1.165) is 12.8 Å². The Balaban J connectivity index is 1.28. The fourth-order valence-corrected chi connectivity index (χ4v) is 7.32. The SMILES string of the molecule is CC1CC=CC2=C1C(C)(C)c1cc(NC3CC=C4c5ccccc5C(C)(C)C4C3)ccc12. The summed E-state index contributed by atoms with van der Waals surface area (Å²) < 4.78 is 0. The van der Waals surface area contributed by atoms with Gasteiger partial charge in [0.05, 0.1) is 0 Å². The van der Waals surface area contributed by atoms with E-state index in [4.69, 9.17) is 0 Å². The predicted molar refractivity (Wildman–Crippen MR) is 137 cm³/mol. The van der Waals surface area contributed by atoms with Crippen molar-refractivity contribution >= 4 is 16.8 Å². The summed E-state index contributed by atoms with van der Waals surface area (Å²) in [5.41, 5.74) is 12.2. The van der Waals surface area contributed by atoms with Crippen molar-refractivity contribution in [3.8, 4) is 0 Å². The topological polar surface area (TPSA) is 12.0 Å². The van der Waals surface area contributed by atoms with Gasteiger partial charge in [-0.15, -0.1) is 0 Å². The van der Waals surface area contributed by atoms with Crippen LogP contribution in [0.15, 0.2) is 66.3 Å². The lowest BCUT2D eigenvalue weighted by Crippen LogP contribution is -2.33. The highest BCUT2D eigenvalue weighted by molar-refractivity contribution is 5.88. The second kappa shape index (κ2) is 6.73. The lowest BCUT2D eigenvalue weighted by Gasteiger charge is -2.35. The van der Waals surface area contributed by atoms with Gasteiger partial charge < -0.3 is 5.32 Å². The summed E-state index contributed by atoms with van der Waals surface area (Å²) >= 11 is 0. The van der Waals surface area contributed by atoms with Crippen LogP contribution in [0, 0.1) is 11.8 Å². The smallest absolute Gasteiger partial charge is 0.0345 e. The van der Waals surface area contributed by atoms with Crippen LogP contribution >= 0.6 is 0 Å². The minimum Gasteiger partial charge on any atom is -0.382 e. The number of rotatable bonds is 2. The van der Waals surface area contributed by atoms with Gasteiger partial charge in [0.2, 0.25) is 0 Å². The van der Waals surface area contributed by atoms with Crippen LogP contribution in [-0.2, 0) is 10.8 Å². The molecular weight excluding hydrogens is 386 g/mol. The van der Waals surface area contributed by atoms with E-state index in [1.807, 2.05) is 0 Å². The summed E-state index contributed by atoms with van der Waals surface area (Å²) in [6.45, 7) is 12.1. The molecule has 2 aromatic rings. The van der Waals surface area contributed by atoms with Gasteiger partial charge in [-0.3, -0.25) is 0 Å². The lowest BCUT2D eigenvalue weighted by atomic mass is 9.72. The molecule has 4 aliphatic rings. The molecule has 0 spiro atoms. The first kappa shape index (κ1) is 20.1. The number of hydrogen-bond donors (Lipinski definition) is 1. The molecule has 1 N–H and O–H groups in total. The number of hydrogen-bond acceptors (Lipinski definition) is 1. The van der Waals surface area contributed by atoms with Gasteiger partial charge in [0.1, 0.15) is 0 Å². The summed E-state index contributed by atoms with van der Waals surface area (Å²) in [4.78, 5) is 0. The van der Waals surface area contributed by atoms with E-state index in [-0.39, 0.29) is 10.8 Å². The quantitative estimate of drug-likeness (QED) is 0.520. The van der Waals surface area contributed by atoms with Crippen molar-refractivity contribution in [2.24, 2.45) is 11.8 Å². The normalized spacial score (nSPS) is 28.5. The number of anilines is 1. The van der Waals surface area contributed by atoms with Crippen LogP contribution in [0.5, 0.6) is 0 Å². The van der Waals surface area contributed by atoms with Crippen LogP contribution in [0.1, 0.15) is 76.1 Å². The highest BCUT2D eigenvalue weighted by atomic mass is 14.9. The maximum atomic E-state index is 3.94. The third kappa shape index (κ3) is 2.70. The van der Waals surface area contributed by atoms with Crippen LogP contribution in [0.25, 0.3) is 11.1 Å². The highest BCUT2D eigenvalue weighted by Gasteiger charge is 2.45. The molecule has 6 rings (SSSR count). The zero-order valence-corrected chi connectivity index (χ0v) is 20.1. The van der Waals surface area contributed by atoms with Crippen LogP contribution < -0.4 is 5.32 Å². The maximum Gasteiger partial charge on any atom is 0.0345 e. The van der Waals surface area contributed by atoms with Gasteiger partial charge in [-0.05, 0) is 87.6 Å². The van der Waals surface area contributed by atoms with Gasteiger partial charge in [-0.1, -0.05) is 83.2 Å². The average Bonchev–Trinajstić information content (AvgIpc) is 3.14. The van der Waals surface area contributed by atoms with E-state index >= 15 is 0 Å². The van der Waals surface area contributed by atoms with E-state index in [9.17, 15) is 0 Å². The molecule has 0 aliphatic heterocycles. The van der Waals surface area contributed by atoms with Crippen LogP contribution in [0.2, 0.25) is 0 Å². The third-order valence-electron chi connectivity index (χ3n) is 8.91. The fraction of sp³-hybridized carbons (Fsp3) is 0.419. The minimum atomic E-state index is 0.112. The van der Waals surface area contributed by atoms with Crippen molar-refractivity contribution in [2.45, 2.75) is 70.8 Å². The van der Waals surface area contributed by atoms with Crippen LogP contribution in [0.4, 0.5) is 5.69 Å². The molecule has 32 heavy (non-hydrogen) atoms. The summed E-state index contributed by atoms with van der Waals surface area (Å²) in [5.74, 6) is 1.22. The van der Waals surface area contributed by atoms with Crippen molar-refractivity contribution in [1.29, 1.82) is 0 Å². The Bertz CT molecular complexity index is 1200. The first-order chi connectivity index (χ1) is 15.3. The van der Waals surface area contributed by atoms with Gasteiger partial charge in [0, 0.05) is 17.1 Å². The number of benzene rings is 2. The molecule has 2 aromatic carbocycles. The largest absolute Gasteiger partial charge is 0.382 e. The zero-order chi connectivity index (χ0) is 22.3. The van der Waals surface area contributed by atoms with E-state index in [0.29, 0.717) is 17.9 Å². The molecule has 0 fully saturated rings. The third-order valence-corrected chi connectivity index (χ3v) is 8.91. The highest BCUT2D eigenvalue weighted by Crippen LogP contribution is 2.55. The molecule has 4 aliphatic carbocycles. The van der Waals surface area contributed by atoms with E-state index in [1.165, 1.54) is 39.9 Å². The number of fused-ring (bicyclic) bond motifs is 5. The molecule has 1 heteroatoms. The fourth-order valence-electron chi connectivity index (χ4n) is 7.32. The van der Waals surface area contributed by atoms with E-state index in [2.05, 4.69) is 101 Å². The molecule has 0 bridgehead atoms. The van der Waals surface area contributed by atoms with Crippen LogP contribution in [-0.4, -0.2) is 6.04 Å². The van der Waals surface area contributed by atoms with E-state index < -0.39 is 0 Å². The Kier molecular flexibility index (Phi) is 4.23. The number of nitrogens with one attached hydrogen (secondary N) is 1. The number of allylic oxidation sites excluding steroid dienone is 5. The molecule has 3 unspecified atom stereocenters. The molecule has 0 heterocycles. The Labute approximate surface area is 193 Å². The Morgan fingerprint density at radius 3 is 2.56 bits per heavy atom.